The maximum Gasteiger partial charge on any atom is 0.306 e. The molecule has 336 valence electrons. The number of carbonyl (C=O) groups is 2. The first-order chi connectivity index (χ1) is 28.5. The molecule has 6 nitrogen and oxygen atoms in total. The molecule has 0 fully saturated rings. The highest BCUT2D eigenvalue weighted by Gasteiger charge is 2.24. The lowest BCUT2D eigenvalue weighted by Crippen LogP contribution is -2.46. The minimum atomic E-state index is -0.794. The molecular formula is C52H93NO5. The predicted octanol–water partition coefficient (Wildman–Crippen LogP) is 14.5. The fourth-order valence-electron chi connectivity index (χ4n) is 7.27. The first-order valence-electron chi connectivity index (χ1n) is 24.6. The number of hydrogen-bond acceptors (Lipinski definition) is 5. The van der Waals surface area contributed by atoms with Crippen LogP contribution in [-0.2, 0) is 14.3 Å². The molecule has 0 saturated heterocycles. The summed E-state index contributed by atoms with van der Waals surface area (Å²) in [6.07, 6.45) is 55.7. The van der Waals surface area contributed by atoms with Gasteiger partial charge in [-0.15, -0.1) is 0 Å². The molecule has 0 rings (SSSR count). The van der Waals surface area contributed by atoms with E-state index >= 15 is 0 Å². The van der Waals surface area contributed by atoms with Crippen LogP contribution in [0.2, 0.25) is 0 Å². The van der Waals surface area contributed by atoms with Crippen molar-refractivity contribution in [3.05, 3.63) is 60.8 Å². The van der Waals surface area contributed by atoms with Gasteiger partial charge in [0.2, 0.25) is 5.91 Å². The zero-order valence-electron chi connectivity index (χ0n) is 38.2. The van der Waals surface area contributed by atoms with Crippen molar-refractivity contribution >= 4 is 11.9 Å². The smallest absolute Gasteiger partial charge is 0.306 e. The minimum Gasteiger partial charge on any atom is -0.462 e. The molecule has 0 aliphatic heterocycles. The summed E-state index contributed by atoms with van der Waals surface area (Å²) in [5.74, 6) is -0.525. The number of allylic oxidation sites excluding steroid dienone is 10. The monoisotopic (exact) mass is 812 g/mol. The van der Waals surface area contributed by atoms with E-state index in [1.54, 1.807) is 0 Å². The van der Waals surface area contributed by atoms with E-state index in [1.165, 1.54) is 116 Å². The highest BCUT2D eigenvalue weighted by Crippen LogP contribution is 2.18. The zero-order chi connectivity index (χ0) is 42.4. The van der Waals surface area contributed by atoms with E-state index in [1.807, 2.05) is 42.5 Å². The predicted molar refractivity (Wildman–Crippen MR) is 250 cm³/mol. The van der Waals surface area contributed by atoms with Gasteiger partial charge in [0.25, 0.3) is 0 Å². The average molecular weight is 812 g/mol. The Kier molecular flexibility index (Phi) is 43.7. The van der Waals surface area contributed by atoms with E-state index in [2.05, 4.69) is 44.3 Å². The molecule has 0 aromatic carbocycles. The SMILES string of the molecule is CC/C=C/C=C/C=C\C=C/C=C/CCCCCC(=O)OC(CCCCCCCCCC)CC(=O)NC(CO)C(O)CCCCCCCCCCCCCCCCCC. The number of aliphatic hydroxyl groups excluding tert-OH is 2. The van der Waals surface area contributed by atoms with Crippen LogP contribution in [0.25, 0.3) is 0 Å². The molecule has 0 aromatic heterocycles. The Morgan fingerprint density at radius 1 is 0.517 bits per heavy atom. The fourth-order valence-corrected chi connectivity index (χ4v) is 7.27. The molecule has 1 amide bonds. The molecular weight excluding hydrogens is 719 g/mol. The van der Waals surface area contributed by atoms with Crippen molar-refractivity contribution in [3.63, 3.8) is 0 Å². The summed E-state index contributed by atoms with van der Waals surface area (Å²) in [6, 6.07) is -0.709. The Hall–Kier alpha value is -2.44. The standard InChI is InChI=1S/C52H93NO5/c1-4-7-10-13-16-19-21-23-25-27-28-30-32-35-38-41-44-50(55)49(47-54)53-51(56)46-48(43-40-37-34-18-15-12-9-6-3)58-52(57)45-42-39-36-33-31-29-26-24-22-20-17-14-11-8-5-2/h8,11,14,17,20,22,24,26,29,31,48-50,54-55H,4-7,9-10,12-13,15-16,18-19,21,23,25,27-28,30,32-47H2,1-3H3,(H,53,56)/b11-8+,17-14+,22-20-,26-24-,31-29+. The molecule has 0 saturated carbocycles. The average Bonchev–Trinajstić information content (AvgIpc) is 3.22. The van der Waals surface area contributed by atoms with Crippen LogP contribution in [0.3, 0.4) is 0 Å². The lowest BCUT2D eigenvalue weighted by atomic mass is 10.0. The molecule has 3 N–H and O–H groups in total. The van der Waals surface area contributed by atoms with E-state index in [9.17, 15) is 19.8 Å². The molecule has 6 heteroatoms. The largest absolute Gasteiger partial charge is 0.462 e. The summed E-state index contributed by atoms with van der Waals surface area (Å²) in [4.78, 5) is 26.0. The van der Waals surface area contributed by atoms with Crippen LogP contribution in [0.4, 0.5) is 0 Å². The van der Waals surface area contributed by atoms with Gasteiger partial charge >= 0.3 is 5.97 Å². The zero-order valence-corrected chi connectivity index (χ0v) is 38.2. The van der Waals surface area contributed by atoms with E-state index in [0.717, 1.165) is 70.6 Å². The number of ether oxygens (including phenoxy) is 1. The Labute approximate surface area is 358 Å². The highest BCUT2D eigenvalue weighted by molar-refractivity contribution is 5.77. The minimum absolute atomic E-state index is 0.0597. The molecule has 0 radical (unpaired) electrons. The maximum absolute atomic E-state index is 13.1. The third-order valence-corrected chi connectivity index (χ3v) is 11.0. The first kappa shape index (κ1) is 55.6. The number of nitrogens with one attached hydrogen (secondary N) is 1. The topological polar surface area (TPSA) is 95.9 Å². The van der Waals surface area contributed by atoms with Crippen LogP contribution in [0.5, 0.6) is 0 Å². The van der Waals surface area contributed by atoms with Gasteiger partial charge in [-0.25, -0.2) is 0 Å². The number of esters is 1. The van der Waals surface area contributed by atoms with Gasteiger partial charge in [0.15, 0.2) is 0 Å². The second kappa shape index (κ2) is 45.6. The first-order valence-corrected chi connectivity index (χ1v) is 24.6. The van der Waals surface area contributed by atoms with Crippen LogP contribution >= 0.6 is 0 Å². The maximum atomic E-state index is 13.1. The Morgan fingerprint density at radius 3 is 1.40 bits per heavy atom. The summed E-state index contributed by atoms with van der Waals surface area (Å²) in [5.41, 5.74) is 0. The van der Waals surface area contributed by atoms with Crippen LogP contribution in [-0.4, -0.2) is 46.9 Å². The third-order valence-electron chi connectivity index (χ3n) is 11.0. The van der Waals surface area contributed by atoms with Gasteiger partial charge in [0, 0.05) is 6.42 Å². The molecule has 3 atom stereocenters. The number of unbranched alkanes of at least 4 members (excludes halogenated alkanes) is 25. The van der Waals surface area contributed by atoms with Crippen molar-refractivity contribution in [2.45, 2.75) is 251 Å². The van der Waals surface area contributed by atoms with E-state index in [0.29, 0.717) is 19.3 Å². The van der Waals surface area contributed by atoms with E-state index < -0.39 is 18.2 Å². The summed E-state index contributed by atoms with van der Waals surface area (Å²) >= 11 is 0. The van der Waals surface area contributed by atoms with Gasteiger partial charge in [-0.3, -0.25) is 9.59 Å². The van der Waals surface area contributed by atoms with Crippen LogP contribution < -0.4 is 5.32 Å². The van der Waals surface area contributed by atoms with Crippen molar-refractivity contribution in [1.82, 2.24) is 5.32 Å². The molecule has 0 bridgehead atoms. The number of hydrogen-bond donors (Lipinski definition) is 3. The number of aliphatic hydroxyl groups is 2. The number of amides is 1. The second-order valence-electron chi connectivity index (χ2n) is 16.6. The van der Waals surface area contributed by atoms with Crippen molar-refractivity contribution < 1.29 is 24.5 Å². The third kappa shape index (κ3) is 40.3. The Balaban J connectivity index is 4.49. The highest BCUT2D eigenvalue weighted by atomic mass is 16.5. The Morgan fingerprint density at radius 2 is 0.931 bits per heavy atom. The van der Waals surface area contributed by atoms with Gasteiger partial charge in [-0.1, -0.05) is 236 Å². The van der Waals surface area contributed by atoms with Crippen molar-refractivity contribution in [1.29, 1.82) is 0 Å². The van der Waals surface area contributed by atoms with Crippen molar-refractivity contribution in [2.24, 2.45) is 0 Å². The summed E-state index contributed by atoms with van der Waals surface area (Å²) in [6.45, 7) is 6.31. The lowest BCUT2D eigenvalue weighted by Gasteiger charge is -2.24. The van der Waals surface area contributed by atoms with Gasteiger partial charge in [-0.05, 0) is 44.9 Å². The molecule has 0 heterocycles. The molecule has 3 unspecified atom stereocenters. The van der Waals surface area contributed by atoms with Crippen LogP contribution in [0.15, 0.2) is 60.8 Å². The van der Waals surface area contributed by atoms with Crippen molar-refractivity contribution in [3.8, 4) is 0 Å². The van der Waals surface area contributed by atoms with Crippen molar-refractivity contribution in [2.75, 3.05) is 6.61 Å². The number of rotatable bonds is 43. The molecule has 58 heavy (non-hydrogen) atoms. The quantitative estimate of drug-likeness (QED) is 0.0324. The summed E-state index contributed by atoms with van der Waals surface area (Å²) < 4.78 is 5.88. The molecule has 0 spiro atoms. The Bertz CT molecular complexity index is 1050. The molecule has 0 aliphatic rings. The van der Waals surface area contributed by atoms with Gasteiger partial charge in [-0.2, -0.15) is 0 Å². The lowest BCUT2D eigenvalue weighted by molar-refractivity contribution is -0.151. The second-order valence-corrected chi connectivity index (χ2v) is 16.6. The molecule has 0 aliphatic carbocycles. The molecule has 0 aromatic rings. The summed E-state index contributed by atoms with van der Waals surface area (Å²) in [7, 11) is 0. The van der Waals surface area contributed by atoms with Crippen LogP contribution in [0.1, 0.15) is 233 Å². The van der Waals surface area contributed by atoms with Gasteiger partial charge in [0.1, 0.15) is 6.10 Å². The van der Waals surface area contributed by atoms with Gasteiger partial charge < -0.3 is 20.3 Å². The van der Waals surface area contributed by atoms with Crippen LogP contribution in [0, 0.1) is 0 Å². The normalized spacial score (nSPS) is 13.8. The van der Waals surface area contributed by atoms with E-state index in [4.69, 9.17) is 4.74 Å². The van der Waals surface area contributed by atoms with E-state index in [-0.39, 0.29) is 24.9 Å². The fraction of sp³-hybridized carbons (Fsp3) is 0.769. The van der Waals surface area contributed by atoms with Gasteiger partial charge in [0.05, 0.1) is 25.2 Å². The number of carbonyl (C=O) groups excluding carboxylic acids is 2. The summed E-state index contributed by atoms with van der Waals surface area (Å²) in [5, 5.41) is 23.7.